The van der Waals surface area contributed by atoms with Crippen molar-refractivity contribution < 1.29 is 50.2 Å². The van der Waals surface area contributed by atoms with Crippen molar-refractivity contribution in [3.8, 4) is 0 Å². The second kappa shape index (κ2) is 11.1. The fourth-order valence-electron chi connectivity index (χ4n) is 6.53. The van der Waals surface area contributed by atoms with Crippen LogP contribution in [0.25, 0.3) is 0 Å². The molecule has 6 atom stereocenters. The fraction of sp³-hybridized carbons (Fsp3) is 0.533. The average Bonchev–Trinajstić information content (AvgIpc) is 3.47. The number of amides is 2. The summed E-state index contributed by atoms with van der Waals surface area (Å²) >= 11 is 0. The summed E-state index contributed by atoms with van der Waals surface area (Å²) in [5.74, 6) is -2.48. The molecule has 0 aliphatic carbocycles. The van der Waals surface area contributed by atoms with E-state index in [4.69, 9.17) is 4.74 Å². The number of hydrogen-bond donors (Lipinski definition) is 1. The highest BCUT2D eigenvalue weighted by atomic mass is 19.4. The van der Waals surface area contributed by atoms with E-state index in [1.807, 2.05) is 0 Å². The van der Waals surface area contributed by atoms with Crippen LogP contribution in [-0.2, 0) is 26.7 Å². The number of likely N-dealkylation sites (tertiary alicyclic amines) is 1. The van der Waals surface area contributed by atoms with Gasteiger partial charge in [0, 0.05) is 43.9 Å². The Bertz CT molecular complexity index is 1340. The smallest absolute Gasteiger partial charge is 0.388 e. The van der Waals surface area contributed by atoms with Crippen LogP contribution in [0.2, 0.25) is 0 Å². The zero-order valence-corrected chi connectivity index (χ0v) is 23.4. The number of carbonyl (C=O) groups excluding carboxylic acids is 2. The molecule has 3 fully saturated rings. The van der Waals surface area contributed by atoms with Crippen molar-refractivity contribution >= 4 is 11.8 Å². The third-order valence-electron chi connectivity index (χ3n) is 8.69. The number of hydrogen-bond acceptors (Lipinski definition) is 4. The summed E-state index contributed by atoms with van der Waals surface area (Å²) in [5.41, 5.74) is -3.76. The summed E-state index contributed by atoms with van der Waals surface area (Å²) in [6.45, 7) is 3.42. The first kappa shape index (κ1) is 31.2. The number of ether oxygens (including phenoxy) is 1. The van der Waals surface area contributed by atoms with Crippen LogP contribution in [0.4, 0.5) is 30.7 Å². The van der Waals surface area contributed by atoms with E-state index in [2.05, 4.69) is 0 Å². The van der Waals surface area contributed by atoms with Crippen LogP contribution < -0.4 is 0 Å². The van der Waals surface area contributed by atoms with Gasteiger partial charge in [-0.25, -0.2) is 4.39 Å². The largest absolute Gasteiger partial charge is 0.416 e. The lowest BCUT2D eigenvalue weighted by atomic mass is 9.81. The molecular weight excluding hydrogens is 585 g/mol. The normalized spacial score (nSPS) is 28.7. The van der Waals surface area contributed by atoms with Crippen LogP contribution in [-0.4, -0.2) is 64.1 Å². The van der Waals surface area contributed by atoms with Crippen molar-refractivity contribution in [2.24, 2.45) is 5.92 Å². The Hall–Kier alpha value is -3.19. The van der Waals surface area contributed by atoms with Crippen molar-refractivity contribution in [2.45, 2.75) is 75.2 Å². The number of rotatable bonds is 5. The van der Waals surface area contributed by atoms with Gasteiger partial charge in [-0.2, -0.15) is 26.3 Å². The van der Waals surface area contributed by atoms with Gasteiger partial charge in [0.25, 0.3) is 0 Å². The van der Waals surface area contributed by atoms with Gasteiger partial charge in [-0.15, -0.1) is 0 Å². The van der Waals surface area contributed by atoms with Crippen LogP contribution in [0.15, 0.2) is 42.5 Å². The summed E-state index contributed by atoms with van der Waals surface area (Å²) in [6.07, 6.45) is -11.6. The molecule has 0 saturated carbocycles. The molecule has 6 nitrogen and oxygen atoms in total. The van der Waals surface area contributed by atoms with E-state index in [0.717, 1.165) is 0 Å². The summed E-state index contributed by atoms with van der Waals surface area (Å²) in [7, 11) is 0. The van der Waals surface area contributed by atoms with Gasteiger partial charge in [0.1, 0.15) is 5.82 Å². The molecule has 43 heavy (non-hydrogen) atoms. The van der Waals surface area contributed by atoms with Gasteiger partial charge in [0.05, 0.1) is 28.9 Å². The minimum atomic E-state index is -5.03. The molecule has 0 bridgehead atoms. The zero-order valence-electron chi connectivity index (χ0n) is 23.4. The number of fused-ring (bicyclic) bond motifs is 1. The monoisotopic (exact) mass is 616 g/mol. The zero-order chi connectivity index (χ0) is 31.5. The molecule has 0 spiro atoms. The molecule has 3 aliphatic rings. The predicted octanol–water partition coefficient (Wildman–Crippen LogP) is 5.70. The molecule has 3 saturated heterocycles. The number of carbonyl (C=O) groups is 2. The summed E-state index contributed by atoms with van der Waals surface area (Å²) in [4.78, 5) is 29.7. The maximum Gasteiger partial charge on any atom is 0.416 e. The minimum absolute atomic E-state index is 0.0136. The van der Waals surface area contributed by atoms with Gasteiger partial charge >= 0.3 is 12.4 Å². The Morgan fingerprint density at radius 1 is 1.05 bits per heavy atom. The topological polar surface area (TPSA) is 70.1 Å². The quantitative estimate of drug-likeness (QED) is 0.438. The maximum atomic E-state index is 13.8. The van der Waals surface area contributed by atoms with E-state index in [1.54, 1.807) is 6.92 Å². The third kappa shape index (κ3) is 6.52. The van der Waals surface area contributed by atoms with Crippen LogP contribution in [0.3, 0.4) is 0 Å². The minimum Gasteiger partial charge on any atom is -0.388 e. The van der Waals surface area contributed by atoms with Crippen LogP contribution in [0, 0.1) is 11.7 Å². The molecule has 234 valence electrons. The highest BCUT2D eigenvalue weighted by Gasteiger charge is 2.51. The van der Waals surface area contributed by atoms with E-state index < -0.39 is 65.0 Å². The lowest BCUT2D eigenvalue weighted by molar-refractivity contribution is -0.146. The molecule has 3 heterocycles. The SMILES string of the molecule is C[C@@H](O[C@H]1CN2C(=O)CC(C(=O)N3CCC(C)(O)C3)CC2C1c1ccc(F)cc1)c1cc(C(F)(F)F)cc(C(F)(F)F)c1. The molecule has 5 rings (SSSR count). The molecule has 2 aromatic carbocycles. The van der Waals surface area contributed by atoms with Crippen LogP contribution in [0.1, 0.15) is 67.4 Å². The van der Waals surface area contributed by atoms with Crippen molar-refractivity contribution in [1.82, 2.24) is 9.80 Å². The summed E-state index contributed by atoms with van der Waals surface area (Å²) in [5, 5.41) is 10.3. The number of nitrogens with zero attached hydrogens (tertiary/aromatic N) is 2. The van der Waals surface area contributed by atoms with Gasteiger partial charge in [-0.1, -0.05) is 12.1 Å². The molecule has 3 aliphatic heterocycles. The first-order valence-corrected chi connectivity index (χ1v) is 13.9. The van der Waals surface area contributed by atoms with E-state index >= 15 is 0 Å². The number of β-amino-alcohol motifs (C(OH)–C–C–N with tert-alkyl or cyclic N) is 1. The molecule has 0 radical (unpaired) electrons. The average molecular weight is 617 g/mol. The molecule has 2 amide bonds. The molecule has 2 aromatic rings. The molecule has 0 aromatic heterocycles. The van der Waals surface area contributed by atoms with Crippen molar-refractivity contribution in [3.05, 3.63) is 70.5 Å². The van der Waals surface area contributed by atoms with Crippen molar-refractivity contribution in [1.29, 1.82) is 0 Å². The highest BCUT2D eigenvalue weighted by molar-refractivity contribution is 5.88. The Morgan fingerprint density at radius 3 is 2.19 bits per heavy atom. The lowest BCUT2D eigenvalue weighted by Crippen LogP contribution is -2.48. The van der Waals surface area contributed by atoms with Gasteiger partial charge in [-0.3, -0.25) is 9.59 Å². The number of piperidine rings is 1. The molecule has 4 unspecified atom stereocenters. The summed E-state index contributed by atoms with van der Waals surface area (Å²) < 4.78 is 101. The second-order valence-electron chi connectivity index (χ2n) is 12.0. The predicted molar refractivity (Wildman–Crippen MR) is 139 cm³/mol. The fourth-order valence-corrected chi connectivity index (χ4v) is 6.53. The molecule has 13 heteroatoms. The maximum absolute atomic E-state index is 13.8. The van der Waals surface area contributed by atoms with Crippen LogP contribution >= 0.6 is 0 Å². The highest BCUT2D eigenvalue weighted by Crippen LogP contribution is 2.45. The number of alkyl halides is 6. The van der Waals surface area contributed by atoms with E-state index in [0.29, 0.717) is 30.7 Å². The Kier molecular flexibility index (Phi) is 8.04. The van der Waals surface area contributed by atoms with E-state index in [-0.39, 0.29) is 49.4 Å². The van der Waals surface area contributed by atoms with Gasteiger partial charge in [0.2, 0.25) is 11.8 Å². The van der Waals surface area contributed by atoms with E-state index in [9.17, 15) is 45.4 Å². The molecule has 1 N–H and O–H groups in total. The Balaban J connectivity index is 1.45. The Morgan fingerprint density at radius 2 is 1.65 bits per heavy atom. The van der Waals surface area contributed by atoms with Crippen LogP contribution in [0.5, 0.6) is 0 Å². The number of aliphatic hydroxyl groups is 1. The second-order valence-corrected chi connectivity index (χ2v) is 12.0. The van der Waals surface area contributed by atoms with Gasteiger partial charge in [-0.05, 0) is 68.1 Å². The first-order chi connectivity index (χ1) is 19.9. The third-order valence-corrected chi connectivity index (χ3v) is 8.69. The van der Waals surface area contributed by atoms with Gasteiger partial charge < -0.3 is 19.6 Å². The van der Waals surface area contributed by atoms with Crippen molar-refractivity contribution in [3.63, 3.8) is 0 Å². The molecular formula is C30H31F7N2O4. The summed E-state index contributed by atoms with van der Waals surface area (Å²) in [6, 6.07) is 6.08. The lowest BCUT2D eigenvalue weighted by Gasteiger charge is -2.37. The number of benzene rings is 2. The van der Waals surface area contributed by atoms with Crippen molar-refractivity contribution in [2.75, 3.05) is 19.6 Å². The first-order valence-electron chi connectivity index (χ1n) is 13.9. The standard InChI is InChI=1S/C30H31F7N2O4/c1-16(18-9-20(29(32,33)34)13-21(10-18)30(35,36)37)43-24-14-39-23(26(24)17-3-5-22(31)6-4-17)11-19(12-25(39)40)27(41)38-8-7-28(2,42)15-38/h3-6,9-10,13,16,19,23-24,26,42H,7-8,11-12,14-15H2,1-2H3/t16-,19?,23?,24+,26?,28?/m1/s1. The Labute approximate surface area is 243 Å². The number of halogens is 7. The van der Waals surface area contributed by atoms with Gasteiger partial charge in [0.15, 0.2) is 0 Å². The van der Waals surface area contributed by atoms with E-state index in [1.165, 1.54) is 41.0 Å².